The molecule has 3 unspecified atom stereocenters. The first-order valence-corrected chi connectivity index (χ1v) is 12.1. The molecule has 8 nitrogen and oxygen atoms in total. The number of amides is 1. The monoisotopic (exact) mass is 504 g/mol. The van der Waals surface area contributed by atoms with Crippen molar-refractivity contribution in [3.63, 3.8) is 0 Å². The van der Waals surface area contributed by atoms with Crippen molar-refractivity contribution in [1.82, 2.24) is 14.4 Å². The molecule has 0 aliphatic carbocycles. The maximum absolute atomic E-state index is 14.1. The third kappa shape index (κ3) is 4.84. The summed E-state index contributed by atoms with van der Waals surface area (Å²) in [5.74, 6) is -2.48. The number of hydrogen-bond donors (Lipinski definition) is 1. The van der Waals surface area contributed by atoms with Gasteiger partial charge in [-0.1, -0.05) is 12.1 Å². The Morgan fingerprint density at radius 2 is 1.80 bits per heavy atom. The van der Waals surface area contributed by atoms with Crippen LogP contribution in [0.4, 0.5) is 8.78 Å². The molecule has 2 aromatic carbocycles. The smallest absolute Gasteiger partial charge is 0.323 e. The standard InChI is InChI=1S/C24H25F2N3O5S/c1-14-12-27(24(35(33)34)16-3-5-17(25)6-4-16)9-10-28(14)23(32)22-15(2)29(13-21(30)31)20-8-7-18(26)11-19(20)22/h3-8,11,14,24H,9-10,12-13H2,1-2H3,(H,30,31)(H,33,34)/p-1. The summed E-state index contributed by atoms with van der Waals surface area (Å²) in [6.45, 7) is 3.72. The Morgan fingerprint density at radius 3 is 2.40 bits per heavy atom. The van der Waals surface area contributed by atoms with Crippen LogP contribution in [0.2, 0.25) is 0 Å². The van der Waals surface area contributed by atoms with Gasteiger partial charge in [0.15, 0.2) is 0 Å². The number of carbonyl (C=O) groups excluding carboxylic acids is 1. The first kappa shape index (κ1) is 25.0. The summed E-state index contributed by atoms with van der Waals surface area (Å²) < 4.78 is 52.9. The van der Waals surface area contributed by atoms with Crippen LogP contribution in [0, 0.1) is 18.6 Å². The number of hydrogen-bond acceptors (Lipinski definition) is 5. The largest absolute Gasteiger partial charge is 0.771 e. The minimum absolute atomic E-state index is 0.204. The van der Waals surface area contributed by atoms with Gasteiger partial charge < -0.3 is 19.1 Å². The fourth-order valence-electron chi connectivity index (χ4n) is 4.78. The van der Waals surface area contributed by atoms with Crippen LogP contribution in [-0.4, -0.2) is 65.8 Å². The molecule has 1 amide bonds. The summed E-state index contributed by atoms with van der Waals surface area (Å²) >= 11 is -2.51. The normalized spacial score (nSPS) is 18.5. The van der Waals surface area contributed by atoms with Gasteiger partial charge in [-0.05, 0) is 60.8 Å². The first-order valence-electron chi connectivity index (χ1n) is 11.0. The number of nitrogens with zero attached hydrogens (tertiary/aromatic N) is 3. The van der Waals surface area contributed by atoms with E-state index in [1.165, 1.54) is 47.0 Å². The van der Waals surface area contributed by atoms with E-state index < -0.39 is 40.1 Å². The van der Waals surface area contributed by atoms with E-state index in [4.69, 9.17) is 0 Å². The van der Waals surface area contributed by atoms with E-state index in [0.29, 0.717) is 22.2 Å². The van der Waals surface area contributed by atoms with Gasteiger partial charge in [-0.15, -0.1) is 0 Å². The molecule has 2 heterocycles. The number of fused-ring (bicyclic) bond motifs is 1. The molecule has 0 saturated carbocycles. The number of carbonyl (C=O) groups is 2. The molecule has 0 radical (unpaired) electrons. The highest BCUT2D eigenvalue weighted by Crippen LogP contribution is 2.31. The van der Waals surface area contributed by atoms with Crippen LogP contribution in [-0.2, 0) is 22.4 Å². The second kappa shape index (κ2) is 9.84. The Labute approximate surface area is 203 Å². The molecule has 3 aromatic rings. The minimum Gasteiger partial charge on any atom is -0.771 e. The summed E-state index contributed by atoms with van der Waals surface area (Å²) in [5, 5.41) is 8.64. The number of carboxylic acid groups (broad SMARTS) is 1. The molecule has 1 saturated heterocycles. The van der Waals surface area contributed by atoms with Gasteiger partial charge in [0.1, 0.15) is 18.2 Å². The van der Waals surface area contributed by atoms with E-state index >= 15 is 0 Å². The number of halogens is 2. The fraction of sp³-hybridized carbons (Fsp3) is 0.333. The summed E-state index contributed by atoms with van der Waals surface area (Å²) in [4.78, 5) is 28.3. The third-order valence-corrected chi connectivity index (χ3v) is 7.32. The number of aromatic nitrogens is 1. The highest BCUT2D eigenvalue weighted by Gasteiger charge is 2.34. The number of benzene rings is 2. The zero-order chi connectivity index (χ0) is 25.4. The van der Waals surface area contributed by atoms with Gasteiger partial charge in [0, 0.05) is 42.3 Å². The van der Waals surface area contributed by atoms with Crippen LogP contribution in [0.1, 0.15) is 33.9 Å². The fourth-order valence-corrected chi connectivity index (χ4v) is 5.59. The minimum atomic E-state index is -2.51. The van der Waals surface area contributed by atoms with Crippen molar-refractivity contribution >= 4 is 33.9 Å². The van der Waals surface area contributed by atoms with Gasteiger partial charge in [0.05, 0.1) is 10.9 Å². The molecule has 35 heavy (non-hydrogen) atoms. The van der Waals surface area contributed by atoms with Gasteiger partial charge in [0.2, 0.25) is 0 Å². The lowest BCUT2D eigenvalue weighted by Crippen LogP contribution is -2.55. The third-order valence-electron chi connectivity index (χ3n) is 6.38. The van der Waals surface area contributed by atoms with E-state index in [1.54, 1.807) is 23.6 Å². The zero-order valence-corrected chi connectivity index (χ0v) is 19.9. The van der Waals surface area contributed by atoms with Crippen molar-refractivity contribution in [3.05, 3.63) is 70.9 Å². The average Bonchev–Trinajstić information content (AvgIpc) is 3.04. The average molecular weight is 505 g/mol. The SMILES string of the molecule is Cc1c(C(=O)N2CCN(C(c3ccc(F)cc3)S(=O)[O-])CC2C)c2cc(F)ccc2n1CC(=O)O. The molecule has 1 aliphatic rings. The van der Waals surface area contributed by atoms with E-state index in [1.807, 2.05) is 0 Å². The zero-order valence-electron chi connectivity index (χ0n) is 19.1. The van der Waals surface area contributed by atoms with Gasteiger partial charge in [-0.2, -0.15) is 0 Å². The molecule has 4 rings (SSSR count). The van der Waals surface area contributed by atoms with Crippen LogP contribution < -0.4 is 0 Å². The molecule has 0 spiro atoms. The summed E-state index contributed by atoms with van der Waals surface area (Å²) in [7, 11) is 0. The van der Waals surface area contributed by atoms with Crippen molar-refractivity contribution in [3.8, 4) is 0 Å². The van der Waals surface area contributed by atoms with Crippen LogP contribution in [0.25, 0.3) is 10.9 Å². The van der Waals surface area contributed by atoms with E-state index in [0.717, 1.165) is 0 Å². The van der Waals surface area contributed by atoms with Crippen LogP contribution >= 0.6 is 0 Å². The molecule has 1 N–H and O–H groups in total. The molecule has 1 aromatic heterocycles. The van der Waals surface area contributed by atoms with Crippen molar-refractivity contribution in [2.24, 2.45) is 0 Å². The van der Waals surface area contributed by atoms with Crippen molar-refractivity contribution < 1.29 is 32.2 Å². The predicted octanol–water partition coefficient (Wildman–Crippen LogP) is 3.04. The number of carboxylic acids is 1. The van der Waals surface area contributed by atoms with Gasteiger partial charge in [-0.25, -0.2) is 8.78 Å². The van der Waals surface area contributed by atoms with E-state index in [9.17, 15) is 32.2 Å². The highest BCUT2D eigenvalue weighted by atomic mass is 32.2. The van der Waals surface area contributed by atoms with E-state index in [-0.39, 0.29) is 37.6 Å². The van der Waals surface area contributed by atoms with Crippen molar-refractivity contribution in [1.29, 1.82) is 0 Å². The molecule has 3 atom stereocenters. The lowest BCUT2D eigenvalue weighted by molar-refractivity contribution is -0.137. The summed E-state index contributed by atoms with van der Waals surface area (Å²) in [6.07, 6.45) is 0. The number of rotatable bonds is 6. The summed E-state index contributed by atoms with van der Waals surface area (Å²) in [5.41, 5.74) is 1.51. The first-order chi connectivity index (χ1) is 16.6. The Kier molecular flexibility index (Phi) is 7.02. The molecule has 1 fully saturated rings. The maximum atomic E-state index is 14.1. The van der Waals surface area contributed by atoms with Gasteiger partial charge in [-0.3, -0.25) is 18.7 Å². The predicted molar refractivity (Wildman–Crippen MR) is 124 cm³/mol. The van der Waals surface area contributed by atoms with Crippen LogP contribution in [0.15, 0.2) is 42.5 Å². The lowest BCUT2D eigenvalue weighted by atomic mass is 10.1. The lowest BCUT2D eigenvalue weighted by Gasteiger charge is -2.43. The molecular formula is C24H24F2N3O5S-. The Morgan fingerprint density at radius 1 is 1.14 bits per heavy atom. The van der Waals surface area contributed by atoms with Gasteiger partial charge >= 0.3 is 5.97 Å². The molecule has 11 heteroatoms. The number of piperazine rings is 1. The topological polar surface area (TPSA) is 106 Å². The highest BCUT2D eigenvalue weighted by molar-refractivity contribution is 7.79. The number of aliphatic carboxylic acids is 1. The Bertz CT molecular complexity index is 1310. The van der Waals surface area contributed by atoms with E-state index in [2.05, 4.69) is 0 Å². The van der Waals surface area contributed by atoms with Gasteiger partial charge in [0.25, 0.3) is 5.91 Å². The Balaban J connectivity index is 1.63. The second-order valence-electron chi connectivity index (χ2n) is 8.61. The van der Waals surface area contributed by atoms with Crippen molar-refractivity contribution in [2.75, 3.05) is 19.6 Å². The second-order valence-corrected chi connectivity index (χ2v) is 9.58. The quantitative estimate of drug-likeness (QED) is 0.518. The van der Waals surface area contributed by atoms with Crippen LogP contribution in [0.5, 0.6) is 0 Å². The molecule has 186 valence electrons. The van der Waals surface area contributed by atoms with Crippen molar-refractivity contribution in [2.45, 2.75) is 31.8 Å². The summed E-state index contributed by atoms with van der Waals surface area (Å²) in [6, 6.07) is 8.75. The molecule has 1 aliphatic heterocycles. The van der Waals surface area contributed by atoms with Crippen LogP contribution in [0.3, 0.4) is 0 Å². The Hall–Kier alpha value is -3.15. The molecular weight excluding hydrogens is 480 g/mol. The maximum Gasteiger partial charge on any atom is 0.323 e. The molecule has 0 bridgehead atoms.